The topological polar surface area (TPSA) is 53.1 Å². The van der Waals surface area contributed by atoms with Crippen LogP contribution >= 0.6 is 35.4 Å². The fourth-order valence-electron chi connectivity index (χ4n) is 5.15. The van der Waals surface area contributed by atoms with E-state index < -0.39 is 0 Å². The smallest absolute Gasteiger partial charge is 0.232 e. The van der Waals surface area contributed by atoms with Crippen LogP contribution in [0, 0.1) is 0 Å². The van der Waals surface area contributed by atoms with Gasteiger partial charge in [-0.15, -0.1) is 0 Å². The molecule has 2 N–H and O–H groups in total. The molecule has 2 aliphatic rings. The van der Waals surface area contributed by atoms with Gasteiger partial charge >= 0.3 is 0 Å². The number of nitrogens with one attached hydrogen (secondary N) is 2. The van der Waals surface area contributed by atoms with E-state index in [1.54, 1.807) is 0 Å². The number of hydrogen-bond donors (Lipinski definition) is 2. The predicted octanol–water partition coefficient (Wildman–Crippen LogP) is 6.14. The Bertz CT molecular complexity index is 1200. The maximum atomic E-state index is 6.36. The third kappa shape index (κ3) is 5.14. The van der Waals surface area contributed by atoms with E-state index in [1.165, 1.54) is 29.5 Å². The molecule has 34 heavy (non-hydrogen) atoms. The maximum absolute atomic E-state index is 6.36. The zero-order valence-corrected chi connectivity index (χ0v) is 21.2. The van der Waals surface area contributed by atoms with Gasteiger partial charge in [0.1, 0.15) is 11.0 Å². The molecule has 0 atom stereocenters. The van der Waals surface area contributed by atoms with Crippen molar-refractivity contribution in [3.05, 3.63) is 81.5 Å². The molecule has 0 radical (unpaired) electrons. The van der Waals surface area contributed by atoms with Gasteiger partial charge in [0.05, 0.1) is 0 Å². The van der Waals surface area contributed by atoms with E-state index in [0.29, 0.717) is 16.2 Å². The lowest BCUT2D eigenvalue weighted by Crippen LogP contribution is -2.41. The second kappa shape index (κ2) is 10.1. The van der Waals surface area contributed by atoms with Crippen LogP contribution in [0.2, 0.25) is 10.2 Å². The van der Waals surface area contributed by atoms with Crippen LogP contribution in [0.25, 0.3) is 0 Å². The van der Waals surface area contributed by atoms with E-state index in [4.69, 9.17) is 40.4 Å². The maximum Gasteiger partial charge on any atom is 0.232 e. The van der Waals surface area contributed by atoms with Crippen LogP contribution in [0.5, 0.6) is 0 Å². The fraction of sp³-hybridized carbons (Fsp3) is 0.346. The number of rotatable bonds is 5. The summed E-state index contributed by atoms with van der Waals surface area (Å²) in [6.07, 6.45) is 5.60. The van der Waals surface area contributed by atoms with E-state index in [0.717, 1.165) is 49.7 Å². The van der Waals surface area contributed by atoms with Gasteiger partial charge in [0.15, 0.2) is 5.11 Å². The van der Waals surface area contributed by atoms with Gasteiger partial charge in [-0.2, -0.15) is 4.98 Å². The molecule has 1 aliphatic carbocycles. The number of benzene rings is 2. The molecule has 5 rings (SSSR count). The van der Waals surface area contributed by atoms with Crippen molar-refractivity contribution in [1.82, 2.24) is 15.3 Å². The monoisotopic (exact) mass is 511 g/mol. The standard InChI is InChI=1S/C26H27Cl2N5S/c27-21-9-5-8-20(14-21)26(11-3-4-12-26)17-29-25(34)32-24-30-22(28)15-23(31-24)33-13-10-18-6-1-2-7-19(18)16-33/h1-2,5-9,14-15H,3-4,10-13,16-17H2,(H2,29,30,31,32,34). The average Bonchev–Trinajstić information content (AvgIpc) is 3.32. The normalized spacial score (nSPS) is 16.7. The van der Waals surface area contributed by atoms with Crippen molar-refractivity contribution in [3.8, 4) is 0 Å². The molecule has 2 heterocycles. The van der Waals surface area contributed by atoms with Crippen LogP contribution in [0.1, 0.15) is 42.4 Å². The highest BCUT2D eigenvalue weighted by molar-refractivity contribution is 7.80. The molecule has 1 saturated carbocycles. The highest BCUT2D eigenvalue weighted by atomic mass is 35.5. The highest BCUT2D eigenvalue weighted by Crippen LogP contribution is 2.41. The quantitative estimate of drug-likeness (QED) is 0.316. The minimum absolute atomic E-state index is 0.0260. The van der Waals surface area contributed by atoms with Gasteiger partial charge in [0.25, 0.3) is 0 Å². The van der Waals surface area contributed by atoms with Crippen LogP contribution in [-0.2, 0) is 18.4 Å². The minimum Gasteiger partial charge on any atom is -0.361 e. The molecule has 0 unspecified atom stereocenters. The average molecular weight is 513 g/mol. The summed E-state index contributed by atoms with van der Waals surface area (Å²) in [6, 6.07) is 18.5. The molecule has 0 spiro atoms. The molecular formula is C26H27Cl2N5S. The Morgan fingerprint density at radius 1 is 1.00 bits per heavy atom. The fourth-order valence-corrected chi connectivity index (χ4v) is 5.68. The van der Waals surface area contributed by atoms with Crippen LogP contribution in [-0.4, -0.2) is 28.2 Å². The van der Waals surface area contributed by atoms with Crippen molar-refractivity contribution in [3.63, 3.8) is 0 Å². The van der Waals surface area contributed by atoms with Crippen LogP contribution < -0.4 is 15.5 Å². The Balaban J connectivity index is 1.26. The van der Waals surface area contributed by atoms with Gasteiger partial charge < -0.3 is 15.5 Å². The van der Waals surface area contributed by atoms with Crippen LogP contribution in [0.4, 0.5) is 11.8 Å². The first-order chi connectivity index (χ1) is 16.5. The molecule has 2 aromatic carbocycles. The van der Waals surface area contributed by atoms with Gasteiger partial charge in [-0.25, -0.2) is 4.98 Å². The van der Waals surface area contributed by atoms with Gasteiger partial charge in [0.2, 0.25) is 5.95 Å². The van der Waals surface area contributed by atoms with E-state index in [2.05, 4.69) is 56.9 Å². The summed E-state index contributed by atoms with van der Waals surface area (Å²) in [5.41, 5.74) is 4.00. The van der Waals surface area contributed by atoms with Crippen molar-refractivity contribution in [1.29, 1.82) is 0 Å². The molecular weight excluding hydrogens is 485 g/mol. The first-order valence-corrected chi connectivity index (χ1v) is 12.8. The number of thiocarbonyl (C=S) groups is 1. The predicted molar refractivity (Wildman–Crippen MR) is 144 cm³/mol. The summed E-state index contributed by atoms with van der Waals surface area (Å²) in [7, 11) is 0. The molecule has 0 amide bonds. The third-order valence-corrected chi connectivity index (χ3v) is 7.62. The van der Waals surface area contributed by atoms with Crippen molar-refractivity contribution >= 4 is 52.3 Å². The molecule has 1 aromatic heterocycles. The largest absolute Gasteiger partial charge is 0.361 e. The highest BCUT2D eigenvalue weighted by Gasteiger charge is 2.35. The summed E-state index contributed by atoms with van der Waals surface area (Å²) in [5, 5.41) is 8.20. The van der Waals surface area contributed by atoms with Crippen molar-refractivity contribution in [2.24, 2.45) is 0 Å². The van der Waals surface area contributed by atoms with E-state index in [-0.39, 0.29) is 5.41 Å². The first kappa shape index (κ1) is 23.3. The Hall–Kier alpha value is -2.41. The van der Waals surface area contributed by atoms with Gasteiger partial charge in [-0.3, -0.25) is 0 Å². The van der Waals surface area contributed by atoms with E-state index in [9.17, 15) is 0 Å². The third-order valence-electron chi connectivity index (χ3n) is 6.95. The second-order valence-electron chi connectivity index (χ2n) is 9.12. The Morgan fingerprint density at radius 2 is 1.79 bits per heavy atom. The Kier molecular flexibility index (Phi) is 6.91. The lowest BCUT2D eigenvalue weighted by Gasteiger charge is -2.31. The Morgan fingerprint density at radius 3 is 2.59 bits per heavy atom. The second-order valence-corrected chi connectivity index (χ2v) is 10.4. The van der Waals surface area contributed by atoms with E-state index >= 15 is 0 Å². The van der Waals surface area contributed by atoms with E-state index in [1.807, 2.05) is 18.2 Å². The zero-order valence-electron chi connectivity index (χ0n) is 18.9. The summed E-state index contributed by atoms with van der Waals surface area (Å²) >= 11 is 18.2. The van der Waals surface area contributed by atoms with Gasteiger partial charge in [0, 0.05) is 36.1 Å². The van der Waals surface area contributed by atoms with Crippen molar-refractivity contribution < 1.29 is 0 Å². The molecule has 0 bridgehead atoms. The summed E-state index contributed by atoms with van der Waals surface area (Å²) in [4.78, 5) is 11.3. The summed E-state index contributed by atoms with van der Waals surface area (Å²) in [6.45, 7) is 2.41. The summed E-state index contributed by atoms with van der Waals surface area (Å²) < 4.78 is 0. The number of anilines is 2. The van der Waals surface area contributed by atoms with Gasteiger partial charge in [-0.05, 0) is 60.3 Å². The lowest BCUT2D eigenvalue weighted by molar-refractivity contribution is 0.435. The van der Waals surface area contributed by atoms with Gasteiger partial charge in [-0.1, -0.05) is 72.4 Å². The number of halogens is 2. The zero-order chi connectivity index (χ0) is 23.5. The number of hydrogen-bond acceptors (Lipinski definition) is 4. The van der Waals surface area contributed by atoms with Crippen LogP contribution in [0.3, 0.4) is 0 Å². The minimum atomic E-state index is 0.0260. The van der Waals surface area contributed by atoms with Crippen molar-refractivity contribution in [2.45, 2.75) is 44.1 Å². The molecule has 8 heteroatoms. The summed E-state index contributed by atoms with van der Waals surface area (Å²) in [5.74, 6) is 1.20. The molecule has 1 fully saturated rings. The Labute approximate surface area is 215 Å². The van der Waals surface area contributed by atoms with Crippen LogP contribution in [0.15, 0.2) is 54.6 Å². The number of aromatic nitrogens is 2. The van der Waals surface area contributed by atoms with Crippen molar-refractivity contribution in [2.75, 3.05) is 23.3 Å². The first-order valence-electron chi connectivity index (χ1n) is 11.7. The molecule has 0 saturated heterocycles. The number of nitrogens with zero attached hydrogens (tertiary/aromatic N) is 3. The molecule has 3 aromatic rings. The molecule has 1 aliphatic heterocycles. The molecule has 176 valence electrons. The number of fused-ring (bicyclic) bond motifs is 1. The lowest BCUT2D eigenvalue weighted by atomic mass is 9.79. The molecule has 5 nitrogen and oxygen atoms in total. The SMILES string of the molecule is S=C(NCC1(c2cccc(Cl)c2)CCCC1)Nc1nc(Cl)cc(N2CCc3ccccc3C2)n1.